The van der Waals surface area contributed by atoms with E-state index in [1.165, 1.54) is 28.9 Å². The van der Waals surface area contributed by atoms with E-state index in [2.05, 4.69) is 20.7 Å². The van der Waals surface area contributed by atoms with E-state index >= 15 is 0 Å². The molecule has 2 fully saturated rings. The van der Waals surface area contributed by atoms with Gasteiger partial charge in [0.15, 0.2) is 0 Å². The minimum atomic E-state index is -4.37. The van der Waals surface area contributed by atoms with Crippen molar-refractivity contribution in [2.45, 2.75) is 43.4 Å². The summed E-state index contributed by atoms with van der Waals surface area (Å²) in [6.07, 6.45) is -0.490. The number of amides is 1. The third-order valence-electron chi connectivity index (χ3n) is 7.61. The molecule has 0 spiro atoms. The van der Waals surface area contributed by atoms with Gasteiger partial charge in [0, 0.05) is 31.8 Å². The number of carbonyl (C=O) groups excluding carboxylic acids is 1. The molecule has 3 aromatic rings. The molecule has 2 aliphatic carbocycles. The third-order valence-corrected chi connectivity index (χ3v) is 7.90. The smallest absolute Gasteiger partial charge is 0.384 e. The van der Waals surface area contributed by atoms with Crippen molar-refractivity contribution in [3.63, 3.8) is 0 Å². The van der Waals surface area contributed by atoms with Gasteiger partial charge in [0.05, 0.1) is 22.7 Å². The van der Waals surface area contributed by atoms with Crippen LogP contribution in [-0.4, -0.2) is 43.1 Å². The van der Waals surface area contributed by atoms with Crippen LogP contribution in [0.5, 0.6) is 0 Å². The lowest BCUT2D eigenvalue weighted by Gasteiger charge is -2.24. The van der Waals surface area contributed by atoms with E-state index < -0.39 is 24.1 Å². The zero-order valence-corrected chi connectivity index (χ0v) is 21.4. The van der Waals surface area contributed by atoms with Crippen molar-refractivity contribution in [3.05, 3.63) is 58.5 Å². The van der Waals surface area contributed by atoms with Gasteiger partial charge in [-0.25, -0.2) is 9.37 Å². The van der Waals surface area contributed by atoms with Crippen molar-refractivity contribution in [3.8, 4) is 0 Å². The number of hydrogen-bond donors (Lipinski definition) is 3. The van der Waals surface area contributed by atoms with Gasteiger partial charge in [-0.15, -0.1) is 0 Å². The van der Waals surface area contributed by atoms with E-state index in [9.17, 15) is 27.5 Å². The second kappa shape index (κ2) is 9.57. The summed E-state index contributed by atoms with van der Waals surface area (Å²) in [6, 6.07) is 5.43. The first-order chi connectivity index (χ1) is 17.8. The monoisotopic (exact) mass is 554 g/mol. The molecule has 5 rings (SSSR count). The summed E-state index contributed by atoms with van der Waals surface area (Å²) in [5.74, 6) is -0.590. The van der Waals surface area contributed by atoms with Crippen molar-refractivity contribution in [1.29, 1.82) is 0 Å². The Morgan fingerprint density at radius 3 is 2.53 bits per heavy atom. The number of rotatable bonds is 6. The lowest BCUT2D eigenvalue weighted by Crippen LogP contribution is -2.26. The fourth-order valence-corrected chi connectivity index (χ4v) is 6.24. The van der Waals surface area contributed by atoms with Crippen LogP contribution in [0.3, 0.4) is 0 Å². The van der Waals surface area contributed by atoms with Gasteiger partial charge in [0.1, 0.15) is 29.5 Å². The van der Waals surface area contributed by atoms with Crippen LogP contribution in [0.2, 0.25) is 5.02 Å². The van der Waals surface area contributed by atoms with E-state index in [0.29, 0.717) is 48.5 Å². The standard InChI is InChI=1S/C25H27ClF4N6O2/c1-35-12-32-21(22(35)23(37)33-16-3-4-18(27)17(26)7-16)13-5-14-9-24(38,10-15(14)6-13)19-8-20(34-36(19)2)31-11-25(28,29)30/h3-4,7-8,12-15,38H,5-6,9-11H2,1-2H3,(H,31,34)(H,33,37). The summed E-state index contributed by atoms with van der Waals surface area (Å²) in [4.78, 5) is 17.6. The second-order valence-electron chi connectivity index (χ2n) is 10.3. The summed E-state index contributed by atoms with van der Waals surface area (Å²) in [6.45, 7) is -1.21. The quantitative estimate of drug-likeness (QED) is 0.374. The number of aromatic nitrogens is 4. The maximum absolute atomic E-state index is 13.5. The highest BCUT2D eigenvalue weighted by Crippen LogP contribution is 2.57. The summed E-state index contributed by atoms with van der Waals surface area (Å²) in [7, 11) is 3.33. The van der Waals surface area contributed by atoms with E-state index in [-0.39, 0.29) is 34.5 Å². The van der Waals surface area contributed by atoms with Crippen LogP contribution >= 0.6 is 11.6 Å². The van der Waals surface area contributed by atoms with Gasteiger partial charge in [0.25, 0.3) is 5.91 Å². The van der Waals surface area contributed by atoms with Crippen LogP contribution in [0, 0.1) is 17.7 Å². The summed E-state index contributed by atoms with van der Waals surface area (Å²) in [5.41, 5.74) is 0.700. The lowest BCUT2D eigenvalue weighted by atomic mass is 9.90. The first-order valence-electron chi connectivity index (χ1n) is 12.2. The Kier molecular flexibility index (Phi) is 6.67. The number of fused-ring (bicyclic) bond motifs is 1. The van der Waals surface area contributed by atoms with Crippen molar-refractivity contribution < 1.29 is 27.5 Å². The number of nitrogens with one attached hydrogen (secondary N) is 2. The Bertz CT molecular complexity index is 1360. The van der Waals surface area contributed by atoms with Crippen LogP contribution in [-0.2, 0) is 19.7 Å². The Labute approximate surface area is 221 Å². The molecule has 2 atom stereocenters. The van der Waals surface area contributed by atoms with Crippen LogP contribution in [0.1, 0.15) is 53.5 Å². The Morgan fingerprint density at radius 1 is 1.21 bits per heavy atom. The number of alkyl halides is 3. The van der Waals surface area contributed by atoms with Crippen molar-refractivity contribution in [2.24, 2.45) is 25.9 Å². The van der Waals surface area contributed by atoms with Crippen LogP contribution < -0.4 is 10.6 Å². The number of anilines is 2. The molecule has 0 aliphatic heterocycles. The molecule has 0 bridgehead atoms. The highest BCUT2D eigenvalue weighted by atomic mass is 35.5. The molecular formula is C25H27ClF4N6O2. The average molecular weight is 555 g/mol. The zero-order valence-electron chi connectivity index (χ0n) is 20.7. The minimum absolute atomic E-state index is 0.00357. The summed E-state index contributed by atoms with van der Waals surface area (Å²) >= 11 is 5.84. The van der Waals surface area contributed by atoms with Gasteiger partial charge in [-0.1, -0.05) is 11.6 Å². The van der Waals surface area contributed by atoms with Gasteiger partial charge in [-0.3, -0.25) is 9.48 Å². The summed E-state index contributed by atoms with van der Waals surface area (Å²) < 4.78 is 54.3. The van der Waals surface area contributed by atoms with Crippen LogP contribution in [0.15, 0.2) is 30.6 Å². The SMILES string of the molecule is Cn1cnc(C2CC3CC(O)(c4cc(NCC(F)(F)F)nn4C)CC3C2)c1C(=O)Nc1ccc(F)c(Cl)c1. The van der Waals surface area contributed by atoms with Gasteiger partial charge in [0.2, 0.25) is 0 Å². The fraction of sp³-hybridized carbons (Fsp3) is 0.480. The first kappa shape index (κ1) is 26.5. The number of aryl methyl sites for hydroxylation is 2. The predicted molar refractivity (Wildman–Crippen MR) is 132 cm³/mol. The molecule has 1 aromatic carbocycles. The second-order valence-corrected chi connectivity index (χ2v) is 10.7. The van der Waals surface area contributed by atoms with Crippen molar-refractivity contribution in [1.82, 2.24) is 19.3 Å². The molecule has 204 valence electrons. The zero-order chi connectivity index (χ0) is 27.4. The third kappa shape index (κ3) is 5.11. The predicted octanol–water partition coefficient (Wildman–Crippen LogP) is 4.96. The Morgan fingerprint density at radius 2 is 1.89 bits per heavy atom. The molecule has 13 heteroatoms. The molecule has 0 saturated heterocycles. The van der Waals surface area contributed by atoms with E-state index in [1.807, 2.05) is 0 Å². The normalized spacial score (nSPS) is 25.0. The molecular weight excluding hydrogens is 528 g/mol. The highest BCUT2D eigenvalue weighted by molar-refractivity contribution is 6.31. The Hall–Kier alpha value is -3.12. The first-order valence-corrected chi connectivity index (χ1v) is 12.6. The summed E-state index contributed by atoms with van der Waals surface area (Å²) in [5, 5.41) is 20.5. The number of benzene rings is 1. The number of carbonyl (C=O) groups is 1. The molecule has 1 amide bonds. The molecule has 2 aromatic heterocycles. The number of hydrogen-bond acceptors (Lipinski definition) is 5. The molecule has 3 N–H and O–H groups in total. The van der Waals surface area contributed by atoms with E-state index in [4.69, 9.17) is 11.6 Å². The van der Waals surface area contributed by atoms with E-state index in [0.717, 1.165) is 0 Å². The number of halogens is 5. The minimum Gasteiger partial charge on any atom is -0.384 e. The molecule has 0 radical (unpaired) electrons. The lowest BCUT2D eigenvalue weighted by molar-refractivity contribution is -0.115. The molecule has 38 heavy (non-hydrogen) atoms. The largest absolute Gasteiger partial charge is 0.405 e. The molecule has 2 aliphatic rings. The highest BCUT2D eigenvalue weighted by Gasteiger charge is 2.51. The van der Waals surface area contributed by atoms with Crippen LogP contribution in [0.25, 0.3) is 0 Å². The number of nitrogens with zero attached hydrogens (tertiary/aromatic N) is 4. The van der Waals surface area contributed by atoms with Gasteiger partial charge in [-0.2, -0.15) is 18.3 Å². The fourth-order valence-electron chi connectivity index (χ4n) is 6.06. The van der Waals surface area contributed by atoms with Gasteiger partial charge < -0.3 is 20.3 Å². The van der Waals surface area contributed by atoms with Crippen molar-refractivity contribution >= 4 is 29.0 Å². The average Bonchev–Trinajstić information content (AvgIpc) is 3.56. The van der Waals surface area contributed by atoms with Gasteiger partial charge >= 0.3 is 6.18 Å². The molecule has 2 unspecified atom stereocenters. The number of aliphatic hydroxyl groups is 1. The molecule has 2 heterocycles. The van der Waals surface area contributed by atoms with Gasteiger partial charge in [-0.05, 0) is 55.7 Å². The van der Waals surface area contributed by atoms with E-state index in [1.54, 1.807) is 25.0 Å². The maximum atomic E-state index is 13.5. The maximum Gasteiger partial charge on any atom is 0.405 e. The van der Waals surface area contributed by atoms with Crippen LogP contribution in [0.4, 0.5) is 29.1 Å². The Balaban J connectivity index is 1.28. The van der Waals surface area contributed by atoms with Crippen molar-refractivity contribution in [2.75, 3.05) is 17.2 Å². The molecule has 8 nitrogen and oxygen atoms in total. The molecule has 2 saturated carbocycles. The topological polar surface area (TPSA) is 97.0 Å². The number of imidazole rings is 1.